The number of nitrogens with zero attached hydrogens (tertiary/aromatic N) is 5. The maximum atomic E-state index is 13.6. The van der Waals surface area contributed by atoms with Gasteiger partial charge in [-0.05, 0) is 12.5 Å². The lowest BCUT2D eigenvalue weighted by molar-refractivity contribution is -0.243. The molecule has 12 heteroatoms. The Hall–Kier alpha value is -1.72. The zero-order valence-corrected chi connectivity index (χ0v) is 12.4. The molecule has 5 nitrogen and oxygen atoms in total. The second-order valence-electron chi connectivity index (χ2n) is 4.85. The van der Waals surface area contributed by atoms with E-state index in [4.69, 9.17) is 0 Å². The van der Waals surface area contributed by atoms with E-state index in [1.165, 1.54) is 28.6 Å². The van der Waals surface area contributed by atoms with Gasteiger partial charge in [0.25, 0.3) is 12.1 Å². The molecule has 0 radical (unpaired) electrons. The fraction of sp³-hybridized carbons (Fsp3) is 0.545. The van der Waals surface area contributed by atoms with Crippen molar-refractivity contribution < 1.29 is 26.3 Å². The van der Waals surface area contributed by atoms with Crippen LogP contribution in [0.3, 0.4) is 0 Å². The highest BCUT2D eigenvalue weighted by molar-refractivity contribution is 7.78. The van der Waals surface area contributed by atoms with Gasteiger partial charge in [-0.25, -0.2) is 27.8 Å². The Kier molecular flexibility index (Phi) is 4.64. The first-order chi connectivity index (χ1) is 10.5. The predicted molar refractivity (Wildman–Crippen MR) is 71.6 cm³/mol. The predicted octanol–water partition coefficient (Wildman–Crippen LogP) is 3.17. The fourth-order valence-corrected chi connectivity index (χ4v) is 2.37. The quantitative estimate of drug-likeness (QED) is 0.664. The first-order valence-corrected chi connectivity index (χ1v) is 6.58. The van der Waals surface area contributed by atoms with E-state index in [0.29, 0.717) is 0 Å². The van der Waals surface area contributed by atoms with Gasteiger partial charge in [0, 0.05) is 0 Å². The van der Waals surface area contributed by atoms with Crippen LogP contribution in [0.2, 0.25) is 0 Å². The SMILES string of the molecule is CC1=C(CC(F)(F)C(F)C(F)(F)F)N=CN(S)C1n1cncn1. The van der Waals surface area contributed by atoms with Gasteiger partial charge in [-0.3, -0.25) is 4.31 Å². The molecule has 128 valence electrons. The van der Waals surface area contributed by atoms with Crippen LogP contribution in [0.15, 0.2) is 28.9 Å². The summed E-state index contributed by atoms with van der Waals surface area (Å²) in [6, 6.07) is 0. The summed E-state index contributed by atoms with van der Waals surface area (Å²) >= 11 is 4.06. The Bertz CT molecular complexity index is 611. The van der Waals surface area contributed by atoms with Gasteiger partial charge >= 0.3 is 6.18 Å². The largest absolute Gasteiger partial charge is 0.425 e. The van der Waals surface area contributed by atoms with Crippen LogP contribution in [0.4, 0.5) is 26.3 Å². The van der Waals surface area contributed by atoms with Gasteiger partial charge in [0.15, 0.2) is 6.17 Å². The zero-order valence-electron chi connectivity index (χ0n) is 11.5. The van der Waals surface area contributed by atoms with E-state index in [-0.39, 0.29) is 11.3 Å². The number of thiol groups is 1. The number of halogens is 6. The molecule has 0 bridgehead atoms. The lowest BCUT2D eigenvalue weighted by atomic mass is 10.0. The number of hydrogen-bond acceptors (Lipinski definition) is 5. The van der Waals surface area contributed by atoms with E-state index in [1.54, 1.807) is 0 Å². The lowest BCUT2D eigenvalue weighted by Gasteiger charge is -2.31. The van der Waals surface area contributed by atoms with Crippen LogP contribution in [0.25, 0.3) is 0 Å². The normalized spacial score (nSPS) is 21.0. The summed E-state index contributed by atoms with van der Waals surface area (Å²) in [6.45, 7) is 1.37. The third kappa shape index (κ3) is 3.62. The summed E-state index contributed by atoms with van der Waals surface area (Å²) in [5.41, 5.74) is -0.213. The van der Waals surface area contributed by atoms with Gasteiger partial charge in [-0.2, -0.15) is 18.3 Å². The van der Waals surface area contributed by atoms with Gasteiger partial charge in [0.2, 0.25) is 0 Å². The van der Waals surface area contributed by atoms with Crippen molar-refractivity contribution in [3.8, 4) is 0 Å². The standard InChI is InChI=1S/C11H11F6N5S/c1-6-7(2-10(13,14)9(12)11(15,16)17)19-5-22(23)8(6)21-4-18-3-20-21/h3-5,8-9,23H,2H2,1H3. The summed E-state index contributed by atoms with van der Waals surface area (Å²) in [5, 5.41) is 3.82. The van der Waals surface area contributed by atoms with Crippen LogP contribution in [0, 0.1) is 0 Å². The van der Waals surface area contributed by atoms with E-state index in [9.17, 15) is 26.3 Å². The minimum absolute atomic E-state index is 0.155. The topological polar surface area (TPSA) is 46.3 Å². The van der Waals surface area contributed by atoms with Crippen LogP contribution in [0.5, 0.6) is 0 Å². The van der Waals surface area contributed by atoms with Crippen molar-refractivity contribution in [2.75, 3.05) is 0 Å². The second kappa shape index (κ2) is 6.06. The van der Waals surface area contributed by atoms with Gasteiger partial charge in [0.1, 0.15) is 19.0 Å². The number of allylic oxidation sites excluding steroid dienone is 1. The first kappa shape index (κ1) is 17.6. The molecule has 23 heavy (non-hydrogen) atoms. The molecule has 0 spiro atoms. The van der Waals surface area contributed by atoms with E-state index in [1.807, 2.05) is 0 Å². The average molecular weight is 359 g/mol. The molecule has 0 saturated heterocycles. The van der Waals surface area contributed by atoms with Crippen molar-refractivity contribution >= 4 is 19.2 Å². The van der Waals surface area contributed by atoms with Crippen LogP contribution < -0.4 is 0 Å². The van der Waals surface area contributed by atoms with Gasteiger partial charge in [-0.1, -0.05) is 12.8 Å². The first-order valence-electron chi connectivity index (χ1n) is 6.18. The smallest absolute Gasteiger partial charge is 0.281 e. The van der Waals surface area contributed by atoms with Crippen molar-refractivity contribution in [3.63, 3.8) is 0 Å². The van der Waals surface area contributed by atoms with E-state index < -0.39 is 30.9 Å². The highest BCUT2D eigenvalue weighted by Gasteiger charge is 2.57. The number of aliphatic imine (C=N–C) groups is 1. The van der Waals surface area contributed by atoms with Crippen molar-refractivity contribution in [2.24, 2.45) is 4.99 Å². The second-order valence-corrected chi connectivity index (χ2v) is 5.31. The number of rotatable bonds is 4. The maximum Gasteiger partial charge on any atom is 0.425 e. The number of aromatic nitrogens is 3. The summed E-state index contributed by atoms with van der Waals surface area (Å²) < 4.78 is 79.2. The molecule has 0 fully saturated rings. The molecule has 1 aliphatic rings. The fourth-order valence-electron chi connectivity index (χ4n) is 2.04. The highest BCUT2D eigenvalue weighted by atomic mass is 32.1. The Morgan fingerprint density at radius 2 is 1.96 bits per heavy atom. The Labute approximate surface area is 132 Å². The number of alkyl halides is 6. The van der Waals surface area contributed by atoms with Crippen molar-refractivity contribution in [1.29, 1.82) is 0 Å². The van der Waals surface area contributed by atoms with Crippen LogP contribution in [-0.4, -0.2) is 43.7 Å². The summed E-state index contributed by atoms with van der Waals surface area (Å²) in [7, 11) is 0. The minimum Gasteiger partial charge on any atom is -0.281 e. The number of hydrogen-bond donors (Lipinski definition) is 1. The summed E-state index contributed by atoms with van der Waals surface area (Å²) in [6.07, 6.45) is -8.73. The maximum absolute atomic E-state index is 13.6. The molecule has 0 saturated carbocycles. The van der Waals surface area contributed by atoms with Crippen LogP contribution in [-0.2, 0) is 0 Å². The van der Waals surface area contributed by atoms with Gasteiger partial charge < -0.3 is 0 Å². The molecular formula is C11H11F6N5S. The molecule has 0 aliphatic carbocycles. The van der Waals surface area contributed by atoms with Gasteiger partial charge in [0.05, 0.1) is 12.1 Å². The van der Waals surface area contributed by atoms with Gasteiger partial charge in [-0.15, -0.1) is 0 Å². The highest BCUT2D eigenvalue weighted by Crippen LogP contribution is 2.41. The van der Waals surface area contributed by atoms with E-state index >= 15 is 0 Å². The molecule has 1 aromatic rings. The summed E-state index contributed by atoms with van der Waals surface area (Å²) in [4.78, 5) is 7.32. The summed E-state index contributed by atoms with van der Waals surface area (Å²) in [5.74, 6) is -4.64. The zero-order chi connectivity index (χ0) is 17.4. The van der Waals surface area contributed by atoms with E-state index in [0.717, 1.165) is 6.34 Å². The molecule has 0 N–H and O–H groups in total. The molecule has 2 rings (SSSR count). The molecule has 1 aliphatic heterocycles. The molecule has 2 heterocycles. The third-order valence-electron chi connectivity index (χ3n) is 3.17. The van der Waals surface area contributed by atoms with Crippen molar-refractivity contribution in [3.05, 3.63) is 23.9 Å². The Balaban J connectivity index is 2.30. The van der Waals surface area contributed by atoms with Crippen LogP contribution in [0.1, 0.15) is 19.5 Å². The average Bonchev–Trinajstić information content (AvgIpc) is 2.94. The Morgan fingerprint density at radius 1 is 1.30 bits per heavy atom. The van der Waals surface area contributed by atoms with E-state index in [2.05, 4.69) is 27.9 Å². The molecule has 0 amide bonds. The van der Waals surface area contributed by atoms with Crippen LogP contribution >= 0.6 is 12.8 Å². The minimum atomic E-state index is -5.66. The molecule has 1 aromatic heterocycles. The third-order valence-corrected chi connectivity index (χ3v) is 3.50. The molecule has 2 unspecified atom stereocenters. The monoisotopic (exact) mass is 359 g/mol. The Morgan fingerprint density at radius 3 is 2.48 bits per heavy atom. The van der Waals surface area contributed by atoms with Crippen molar-refractivity contribution in [1.82, 2.24) is 19.1 Å². The van der Waals surface area contributed by atoms with Crippen molar-refractivity contribution in [2.45, 2.75) is 37.8 Å². The molecular weight excluding hydrogens is 348 g/mol. The molecule has 0 aromatic carbocycles. The molecule has 2 atom stereocenters. The lowest BCUT2D eigenvalue weighted by Crippen LogP contribution is -2.42.